The largest absolute Gasteiger partial charge is 0.477 e. The number of rotatable bonds is 6. The van der Waals surface area contributed by atoms with E-state index >= 15 is 0 Å². The molecule has 1 saturated heterocycles. The van der Waals surface area contributed by atoms with Gasteiger partial charge in [-0.1, -0.05) is 0 Å². The third-order valence-corrected chi connectivity index (χ3v) is 5.15. The van der Waals surface area contributed by atoms with E-state index in [1.165, 1.54) is 12.8 Å². The highest BCUT2D eigenvalue weighted by Crippen LogP contribution is 2.29. The van der Waals surface area contributed by atoms with Crippen molar-refractivity contribution in [3.05, 3.63) is 36.3 Å². The number of halogens is 1. The Bertz CT molecular complexity index is 897. The van der Waals surface area contributed by atoms with Crippen LogP contribution in [-0.4, -0.2) is 64.8 Å². The van der Waals surface area contributed by atoms with E-state index in [0.29, 0.717) is 37.4 Å². The van der Waals surface area contributed by atoms with E-state index < -0.39 is 0 Å². The quantitative estimate of drug-likeness (QED) is 0.351. The molecule has 9 nitrogen and oxygen atoms in total. The fourth-order valence-corrected chi connectivity index (χ4v) is 3.32. The fraction of sp³-hybridized carbons (Fsp3) is 0.500. The predicted molar refractivity (Wildman–Crippen MR) is 125 cm³/mol. The Labute approximate surface area is 193 Å². The first-order valence-corrected chi connectivity index (χ1v) is 9.94. The Morgan fingerprint density at radius 3 is 2.87 bits per heavy atom. The Balaban J connectivity index is 0.00000256. The second-order valence-electron chi connectivity index (χ2n) is 7.50. The molecule has 0 atom stereocenters. The van der Waals surface area contributed by atoms with Crippen LogP contribution in [-0.2, 0) is 18.4 Å². The molecule has 2 aromatic heterocycles. The molecule has 0 unspecified atom stereocenters. The number of aliphatic imine (C=N–C) groups is 1. The highest BCUT2D eigenvalue weighted by molar-refractivity contribution is 14.0. The van der Waals surface area contributed by atoms with Gasteiger partial charge in [0.15, 0.2) is 5.96 Å². The average Bonchev–Trinajstić information content (AvgIpc) is 3.46. The van der Waals surface area contributed by atoms with Gasteiger partial charge < -0.3 is 19.9 Å². The normalized spacial score (nSPS) is 17.0. The summed E-state index contributed by atoms with van der Waals surface area (Å²) in [6.45, 7) is 2.91. The second kappa shape index (κ2) is 10.1. The minimum atomic E-state index is 0. The van der Waals surface area contributed by atoms with Gasteiger partial charge in [-0.3, -0.25) is 14.5 Å². The summed E-state index contributed by atoms with van der Waals surface area (Å²) in [7, 11) is 3.58. The first kappa shape index (κ1) is 22.3. The molecule has 1 N–H and O–H groups in total. The molecule has 1 saturated carbocycles. The minimum Gasteiger partial charge on any atom is -0.477 e. The van der Waals surface area contributed by atoms with Crippen molar-refractivity contribution < 1.29 is 9.53 Å². The van der Waals surface area contributed by atoms with Crippen LogP contribution in [0.4, 0.5) is 5.69 Å². The first-order valence-electron chi connectivity index (χ1n) is 9.94. The number of nitrogens with one attached hydrogen (secondary N) is 1. The van der Waals surface area contributed by atoms with Crippen molar-refractivity contribution in [3.8, 4) is 5.88 Å². The summed E-state index contributed by atoms with van der Waals surface area (Å²) < 4.78 is 7.45. The number of nitrogens with zero attached hydrogens (tertiary/aromatic N) is 6. The molecule has 10 heteroatoms. The molecule has 2 aromatic rings. The fourth-order valence-electron chi connectivity index (χ4n) is 3.32. The molecule has 162 valence electrons. The van der Waals surface area contributed by atoms with Crippen molar-refractivity contribution in [3.63, 3.8) is 0 Å². The molecule has 0 aromatic carbocycles. The van der Waals surface area contributed by atoms with E-state index in [0.717, 1.165) is 17.9 Å². The number of ether oxygens (including phenoxy) is 1. The first-order chi connectivity index (χ1) is 14.1. The summed E-state index contributed by atoms with van der Waals surface area (Å²) in [6, 6.07) is 3.91. The van der Waals surface area contributed by atoms with Crippen LogP contribution in [0, 0.1) is 5.92 Å². The van der Waals surface area contributed by atoms with Crippen molar-refractivity contribution in [2.45, 2.75) is 19.4 Å². The van der Waals surface area contributed by atoms with Crippen LogP contribution in [0.3, 0.4) is 0 Å². The molecular weight excluding hydrogens is 497 g/mol. The summed E-state index contributed by atoms with van der Waals surface area (Å²) in [6.07, 6.45) is 7.84. The Morgan fingerprint density at radius 1 is 1.37 bits per heavy atom. The van der Waals surface area contributed by atoms with Crippen molar-refractivity contribution >= 4 is 41.5 Å². The highest BCUT2D eigenvalue weighted by Gasteiger charge is 2.27. The van der Waals surface area contributed by atoms with E-state index in [1.54, 1.807) is 29.0 Å². The van der Waals surface area contributed by atoms with Gasteiger partial charge in [0, 0.05) is 52.2 Å². The van der Waals surface area contributed by atoms with Crippen molar-refractivity contribution in [2.24, 2.45) is 18.0 Å². The molecule has 0 bridgehead atoms. The number of aryl methyl sites for hydroxylation is 1. The standard InChI is InChI=1S/C20H27N7O2.HI/c1-21-20(23-10-16-5-6-22-18(9-16)29-14-15-3-4-15)26-7-8-27(19(28)13-26)17-11-24-25(2)12-17;/h5-6,9,11-12,15H,3-4,7-8,10,13-14H2,1-2H3,(H,21,23);1H. The summed E-state index contributed by atoms with van der Waals surface area (Å²) in [5.41, 5.74) is 1.89. The van der Waals surface area contributed by atoms with Gasteiger partial charge in [0.2, 0.25) is 11.8 Å². The number of anilines is 1. The number of carbonyl (C=O) groups excluding carboxylic acids is 1. The molecular formula is C20H28IN7O2. The number of piperazine rings is 1. The Morgan fingerprint density at radius 2 is 2.20 bits per heavy atom. The number of pyridine rings is 1. The monoisotopic (exact) mass is 525 g/mol. The van der Waals surface area contributed by atoms with Gasteiger partial charge in [-0.2, -0.15) is 5.10 Å². The maximum atomic E-state index is 12.6. The third-order valence-electron chi connectivity index (χ3n) is 5.15. The smallest absolute Gasteiger partial charge is 0.246 e. The van der Waals surface area contributed by atoms with Crippen molar-refractivity contribution in [1.29, 1.82) is 0 Å². The number of hydrogen-bond acceptors (Lipinski definition) is 5. The number of amides is 1. The van der Waals surface area contributed by atoms with E-state index in [4.69, 9.17) is 4.74 Å². The van der Waals surface area contributed by atoms with Gasteiger partial charge in [-0.25, -0.2) is 4.98 Å². The molecule has 3 heterocycles. The van der Waals surface area contributed by atoms with E-state index in [9.17, 15) is 4.79 Å². The van der Waals surface area contributed by atoms with Crippen LogP contribution in [0.15, 0.2) is 35.7 Å². The lowest BCUT2D eigenvalue weighted by Crippen LogP contribution is -2.55. The number of guanidine groups is 1. The average molecular weight is 525 g/mol. The van der Waals surface area contributed by atoms with Gasteiger partial charge in [-0.05, 0) is 30.4 Å². The van der Waals surface area contributed by atoms with E-state index in [2.05, 4.69) is 20.4 Å². The molecule has 1 amide bonds. The maximum Gasteiger partial charge on any atom is 0.246 e. The molecule has 1 aliphatic heterocycles. The van der Waals surface area contributed by atoms with Crippen LogP contribution in [0.5, 0.6) is 5.88 Å². The second-order valence-corrected chi connectivity index (χ2v) is 7.50. The zero-order chi connectivity index (χ0) is 20.2. The topological polar surface area (TPSA) is 87.9 Å². The number of carbonyl (C=O) groups is 1. The van der Waals surface area contributed by atoms with Crippen LogP contribution in [0.1, 0.15) is 18.4 Å². The van der Waals surface area contributed by atoms with Crippen LogP contribution in [0.2, 0.25) is 0 Å². The van der Waals surface area contributed by atoms with Gasteiger partial charge in [-0.15, -0.1) is 24.0 Å². The molecule has 2 aliphatic rings. The van der Waals surface area contributed by atoms with Crippen molar-refractivity contribution in [1.82, 2.24) is 25.0 Å². The van der Waals surface area contributed by atoms with Gasteiger partial charge in [0.25, 0.3) is 0 Å². The number of hydrogen-bond donors (Lipinski definition) is 1. The van der Waals surface area contributed by atoms with Gasteiger partial charge in [0.05, 0.1) is 18.5 Å². The number of aromatic nitrogens is 3. The molecule has 2 fully saturated rings. The summed E-state index contributed by atoms with van der Waals surface area (Å²) >= 11 is 0. The summed E-state index contributed by atoms with van der Waals surface area (Å²) in [4.78, 5) is 25.0. The molecule has 0 spiro atoms. The van der Waals surface area contributed by atoms with Crippen LogP contribution >= 0.6 is 24.0 Å². The van der Waals surface area contributed by atoms with E-state index in [-0.39, 0.29) is 36.4 Å². The molecule has 4 rings (SSSR count). The lowest BCUT2D eigenvalue weighted by atomic mass is 10.2. The Kier molecular flexibility index (Phi) is 7.51. The SMILES string of the molecule is CN=C(NCc1ccnc(OCC2CC2)c1)N1CCN(c2cnn(C)c2)C(=O)C1.I. The van der Waals surface area contributed by atoms with Gasteiger partial charge in [0.1, 0.15) is 6.54 Å². The Hall–Kier alpha value is -2.37. The van der Waals surface area contributed by atoms with Crippen molar-refractivity contribution in [2.75, 3.05) is 38.2 Å². The van der Waals surface area contributed by atoms with Crippen LogP contribution in [0.25, 0.3) is 0 Å². The lowest BCUT2D eigenvalue weighted by molar-refractivity contribution is -0.120. The minimum absolute atomic E-state index is 0. The van der Waals surface area contributed by atoms with E-state index in [1.807, 2.05) is 30.3 Å². The highest BCUT2D eigenvalue weighted by atomic mass is 127. The maximum absolute atomic E-state index is 12.6. The van der Waals surface area contributed by atoms with Gasteiger partial charge >= 0.3 is 0 Å². The lowest BCUT2D eigenvalue weighted by Gasteiger charge is -2.35. The summed E-state index contributed by atoms with van der Waals surface area (Å²) in [5.74, 6) is 2.10. The molecule has 0 radical (unpaired) electrons. The molecule has 1 aliphatic carbocycles. The third kappa shape index (κ3) is 5.61. The zero-order valence-electron chi connectivity index (χ0n) is 17.3. The molecule has 30 heavy (non-hydrogen) atoms. The van der Waals surface area contributed by atoms with Crippen LogP contribution < -0.4 is 15.0 Å². The zero-order valence-corrected chi connectivity index (χ0v) is 19.7. The predicted octanol–water partition coefficient (Wildman–Crippen LogP) is 1.65. The summed E-state index contributed by atoms with van der Waals surface area (Å²) in [5, 5.41) is 7.50.